The minimum absolute atomic E-state index is 0.00236. The van der Waals surface area contributed by atoms with Crippen LogP contribution in [0.2, 0.25) is 0 Å². The molecule has 106 valence electrons. The summed E-state index contributed by atoms with van der Waals surface area (Å²) in [6, 6.07) is 6.47. The highest BCUT2D eigenvalue weighted by Crippen LogP contribution is 2.22. The maximum Gasteiger partial charge on any atom is 0.0663 e. The summed E-state index contributed by atoms with van der Waals surface area (Å²) in [5, 5.41) is 0. The standard InChI is InChI=1S/C17H27NO/c1-13-9-10-15(11-14(13)2)17(18)12-19-16-7-5-3-4-6-8-16/h9-11,16-17H,3-8,12,18H2,1-2H3. The summed E-state index contributed by atoms with van der Waals surface area (Å²) in [5.41, 5.74) is 10.1. The van der Waals surface area contributed by atoms with E-state index in [9.17, 15) is 0 Å². The van der Waals surface area contributed by atoms with Gasteiger partial charge in [-0.1, -0.05) is 43.9 Å². The zero-order valence-corrected chi connectivity index (χ0v) is 12.3. The third-order valence-electron chi connectivity index (χ3n) is 4.27. The molecule has 0 bridgehead atoms. The van der Waals surface area contributed by atoms with Crippen LogP contribution >= 0.6 is 0 Å². The Hall–Kier alpha value is -0.860. The Balaban J connectivity index is 1.85. The summed E-state index contributed by atoms with van der Waals surface area (Å²) in [5.74, 6) is 0. The molecule has 1 fully saturated rings. The van der Waals surface area contributed by atoms with Gasteiger partial charge in [0.05, 0.1) is 18.8 Å². The third-order valence-corrected chi connectivity index (χ3v) is 4.27. The molecular weight excluding hydrogens is 234 g/mol. The molecule has 2 heteroatoms. The van der Waals surface area contributed by atoms with Gasteiger partial charge in [-0.2, -0.15) is 0 Å². The molecule has 1 aliphatic carbocycles. The highest BCUT2D eigenvalue weighted by atomic mass is 16.5. The summed E-state index contributed by atoms with van der Waals surface area (Å²) >= 11 is 0. The van der Waals surface area contributed by atoms with Crippen molar-refractivity contribution >= 4 is 0 Å². The van der Waals surface area contributed by atoms with E-state index >= 15 is 0 Å². The molecule has 0 aromatic heterocycles. The Morgan fingerprint density at radius 3 is 2.42 bits per heavy atom. The minimum Gasteiger partial charge on any atom is -0.376 e. The predicted molar refractivity (Wildman–Crippen MR) is 80.3 cm³/mol. The van der Waals surface area contributed by atoms with Gasteiger partial charge in [-0.15, -0.1) is 0 Å². The number of rotatable bonds is 4. The van der Waals surface area contributed by atoms with Crippen LogP contribution in [0.1, 0.15) is 61.3 Å². The van der Waals surface area contributed by atoms with Gasteiger partial charge >= 0.3 is 0 Å². The number of hydrogen-bond donors (Lipinski definition) is 1. The lowest BCUT2D eigenvalue weighted by Gasteiger charge is -2.19. The minimum atomic E-state index is 0.00236. The first kappa shape index (κ1) is 14.5. The van der Waals surface area contributed by atoms with Crippen molar-refractivity contribution in [2.24, 2.45) is 5.73 Å². The van der Waals surface area contributed by atoms with E-state index in [4.69, 9.17) is 10.5 Å². The monoisotopic (exact) mass is 261 g/mol. The van der Waals surface area contributed by atoms with Crippen molar-refractivity contribution in [2.45, 2.75) is 64.5 Å². The van der Waals surface area contributed by atoms with Crippen molar-refractivity contribution in [3.8, 4) is 0 Å². The van der Waals surface area contributed by atoms with E-state index in [2.05, 4.69) is 32.0 Å². The number of nitrogens with two attached hydrogens (primary N) is 1. The van der Waals surface area contributed by atoms with Crippen molar-refractivity contribution < 1.29 is 4.74 Å². The van der Waals surface area contributed by atoms with Gasteiger partial charge in [0, 0.05) is 0 Å². The molecule has 0 radical (unpaired) electrons. The SMILES string of the molecule is Cc1ccc(C(N)COC2CCCCCC2)cc1C. The lowest BCUT2D eigenvalue weighted by molar-refractivity contribution is 0.0345. The van der Waals surface area contributed by atoms with Crippen LogP contribution in [0.5, 0.6) is 0 Å². The Kier molecular flexibility index (Phi) is 5.41. The van der Waals surface area contributed by atoms with Gasteiger partial charge in [-0.05, 0) is 43.4 Å². The first-order chi connectivity index (χ1) is 9.16. The Morgan fingerprint density at radius 1 is 1.11 bits per heavy atom. The van der Waals surface area contributed by atoms with Gasteiger partial charge in [0.15, 0.2) is 0 Å². The number of hydrogen-bond acceptors (Lipinski definition) is 2. The number of ether oxygens (including phenoxy) is 1. The van der Waals surface area contributed by atoms with Gasteiger partial charge in [0.2, 0.25) is 0 Å². The molecule has 0 heterocycles. The molecule has 1 atom stereocenters. The van der Waals surface area contributed by atoms with E-state index in [-0.39, 0.29) is 6.04 Å². The Labute approximate surface area is 117 Å². The highest BCUT2D eigenvalue weighted by molar-refractivity contribution is 5.31. The second-order valence-corrected chi connectivity index (χ2v) is 5.90. The molecule has 0 spiro atoms. The van der Waals surface area contributed by atoms with Crippen LogP contribution in [0.25, 0.3) is 0 Å². The van der Waals surface area contributed by atoms with Crippen LogP contribution in [0.15, 0.2) is 18.2 Å². The van der Waals surface area contributed by atoms with E-state index in [1.807, 2.05) is 0 Å². The summed E-state index contributed by atoms with van der Waals surface area (Å²) in [6.07, 6.45) is 8.19. The van der Waals surface area contributed by atoms with E-state index < -0.39 is 0 Å². The normalized spacial score (nSPS) is 19.1. The average molecular weight is 261 g/mol. The van der Waals surface area contributed by atoms with Crippen molar-refractivity contribution in [2.75, 3.05) is 6.61 Å². The molecule has 2 nitrogen and oxygen atoms in total. The maximum atomic E-state index is 6.25. The second kappa shape index (κ2) is 7.06. The van der Waals surface area contributed by atoms with Crippen LogP contribution in [0.4, 0.5) is 0 Å². The van der Waals surface area contributed by atoms with Gasteiger partial charge < -0.3 is 10.5 Å². The largest absolute Gasteiger partial charge is 0.376 e. The van der Waals surface area contributed by atoms with E-state index in [1.54, 1.807) is 0 Å². The number of aryl methyl sites for hydroxylation is 2. The molecule has 19 heavy (non-hydrogen) atoms. The molecule has 0 amide bonds. The van der Waals surface area contributed by atoms with Gasteiger partial charge in [-0.25, -0.2) is 0 Å². The van der Waals surface area contributed by atoms with Crippen LogP contribution in [0, 0.1) is 13.8 Å². The lowest BCUT2D eigenvalue weighted by atomic mass is 10.0. The van der Waals surface area contributed by atoms with Crippen LogP contribution in [-0.2, 0) is 4.74 Å². The summed E-state index contributed by atoms with van der Waals surface area (Å²) in [4.78, 5) is 0. The topological polar surface area (TPSA) is 35.2 Å². The van der Waals surface area contributed by atoms with E-state index in [0.29, 0.717) is 12.7 Å². The summed E-state index contributed by atoms with van der Waals surface area (Å²) in [6.45, 7) is 4.91. The fraction of sp³-hybridized carbons (Fsp3) is 0.647. The van der Waals surface area contributed by atoms with Crippen molar-refractivity contribution in [1.82, 2.24) is 0 Å². The zero-order chi connectivity index (χ0) is 13.7. The smallest absolute Gasteiger partial charge is 0.0663 e. The molecule has 1 aromatic carbocycles. The predicted octanol–water partition coefficient (Wildman–Crippen LogP) is 4.04. The van der Waals surface area contributed by atoms with E-state index in [1.165, 1.54) is 55.2 Å². The molecule has 1 aliphatic rings. The molecule has 1 aromatic rings. The van der Waals surface area contributed by atoms with Crippen LogP contribution < -0.4 is 5.73 Å². The summed E-state index contributed by atoms with van der Waals surface area (Å²) < 4.78 is 6.02. The zero-order valence-electron chi connectivity index (χ0n) is 12.3. The molecule has 1 saturated carbocycles. The first-order valence-corrected chi connectivity index (χ1v) is 7.61. The van der Waals surface area contributed by atoms with Crippen LogP contribution in [-0.4, -0.2) is 12.7 Å². The molecule has 0 aliphatic heterocycles. The fourth-order valence-corrected chi connectivity index (χ4v) is 2.74. The van der Waals surface area contributed by atoms with E-state index in [0.717, 1.165) is 0 Å². The molecule has 2 rings (SSSR count). The second-order valence-electron chi connectivity index (χ2n) is 5.90. The molecule has 2 N–H and O–H groups in total. The van der Waals surface area contributed by atoms with Gasteiger partial charge in [0.25, 0.3) is 0 Å². The third kappa shape index (κ3) is 4.32. The van der Waals surface area contributed by atoms with Gasteiger partial charge in [-0.3, -0.25) is 0 Å². The average Bonchev–Trinajstić information content (AvgIpc) is 2.67. The van der Waals surface area contributed by atoms with Gasteiger partial charge in [0.1, 0.15) is 0 Å². The van der Waals surface area contributed by atoms with Crippen molar-refractivity contribution in [3.63, 3.8) is 0 Å². The lowest BCUT2D eigenvalue weighted by Crippen LogP contribution is -2.22. The van der Waals surface area contributed by atoms with Crippen molar-refractivity contribution in [3.05, 3.63) is 34.9 Å². The number of benzene rings is 1. The Bertz CT molecular complexity index is 394. The highest BCUT2D eigenvalue weighted by Gasteiger charge is 2.15. The maximum absolute atomic E-state index is 6.25. The molecule has 1 unspecified atom stereocenters. The molecule has 0 saturated heterocycles. The summed E-state index contributed by atoms with van der Waals surface area (Å²) in [7, 11) is 0. The molecular formula is C17H27NO. The van der Waals surface area contributed by atoms with Crippen LogP contribution in [0.3, 0.4) is 0 Å². The Morgan fingerprint density at radius 2 is 1.79 bits per heavy atom. The fourth-order valence-electron chi connectivity index (χ4n) is 2.74. The van der Waals surface area contributed by atoms with Crippen molar-refractivity contribution in [1.29, 1.82) is 0 Å². The quantitative estimate of drug-likeness (QED) is 0.830. The first-order valence-electron chi connectivity index (χ1n) is 7.61.